The molecule has 1 saturated heterocycles. The van der Waals surface area contributed by atoms with Gasteiger partial charge in [-0.25, -0.2) is 0 Å². The summed E-state index contributed by atoms with van der Waals surface area (Å²) in [5.74, 6) is 0.993. The highest BCUT2D eigenvalue weighted by atomic mass is 127. The lowest BCUT2D eigenvalue weighted by Gasteiger charge is -2.26. The van der Waals surface area contributed by atoms with Crippen molar-refractivity contribution in [2.45, 2.75) is 32.4 Å². The average molecular weight is 509 g/mol. The molecule has 2 aromatic rings. The second-order valence-electron chi connectivity index (χ2n) is 7.42. The van der Waals surface area contributed by atoms with Gasteiger partial charge in [0.1, 0.15) is 0 Å². The van der Waals surface area contributed by atoms with Gasteiger partial charge in [-0.05, 0) is 49.1 Å². The van der Waals surface area contributed by atoms with Crippen LogP contribution in [0.5, 0.6) is 0 Å². The van der Waals surface area contributed by atoms with Crippen LogP contribution in [-0.4, -0.2) is 53.4 Å². The number of likely N-dealkylation sites (tertiary alicyclic amines) is 1. The van der Waals surface area contributed by atoms with E-state index in [9.17, 15) is 4.79 Å². The molecule has 7 heteroatoms. The molecule has 3 rings (SSSR count). The zero-order valence-corrected chi connectivity index (χ0v) is 19.9. The summed E-state index contributed by atoms with van der Waals surface area (Å²) in [4.78, 5) is 21.0. The fourth-order valence-corrected chi connectivity index (χ4v) is 3.59. The number of halogens is 1. The van der Waals surface area contributed by atoms with E-state index in [4.69, 9.17) is 0 Å². The van der Waals surface area contributed by atoms with Crippen LogP contribution in [0.4, 0.5) is 0 Å². The van der Waals surface area contributed by atoms with Crippen LogP contribution in [0.3, 0.4) is 0 Å². The highest BCUT2D eigenvalue weighted by Gasteiger charge is 2.17. The van der Waals surface area contributed by atoms with Crippen molar-refractivity contribution in [2.24, 2.45) is 12.0 Å². The molecule has 0 aliphatic carbocycles. The minimum absolute atomic E-state index is 0. The summed E-state index contributed by atoms with van der Waals surface area (Å²) >= 11 is 0. The number of rotatable bonds is 5. The van der Waals surface area contributed by atoms with E-state index in [1.54, 1.807) is 7.05 Å². The van der Waals surface area contributed by atoms with Crippen molar-refractivity contribution in [3.63, 3.8) is 0 Å². The molecule has 0 saturated carbocycles. The molecule has 2 heterocycles. The number of piperidine rings is 1. The molecule has 6 nitrogen and oxygen atoms in total. The van der Waals surface area contributed by atoms with E-state index in [-0.39, 0.29) is 29.9 Å². The monoisotopic (exact) mass is 509 g/mol. The van der Waals surface area contributed by atoms with E-state index in [1.165, 1.54) is 12.1 Å². The fraction of sp³-hybridized carbons (Fsp3) is 0.455. The van der Waals surface area contributed by atoms with Gasteiger partial charge in [-0.15, -0.1) is 24.0 Å². The summed E-state index contributed by atoms with van der Waals surface area (Å²) in [6.07, 6.45) is 5.51. The third kappa shape index (κ3) is 6.22. The molecule has 1 N–H and O–H groups in total. The Labute approximate surface area is 191 Å². The molecular formula is C22H32IN5O. The van der Waals surface area contributed by atoms with E-state index in [0.717, 1.165) is 49.6 Å². The Bertz CT molecular complexity index is 809. The standard InChI is InChI=1S/C22H31N5O.HI/c1-23-22(26(3)17-20-8-7-13-25(20)2)24-16-18-9-11-19(12-10-18)21(28)27-14-5-4-6-15-27;/h7-13H,4-6,14-17H2,1-3H3,(H,23,24);1H. The van der Waals surface area contributed by atoms with Gasteiger partial charge in [-0.1, -0.05) is 12.1 Å². The lowest BCUT2D eigenvalue weighted by molar-refractivity contribution is 0.0724. The molecule has 0 atom stereocenters. The first-order valence-corrected chi connectivity index (χ1v) is 9.98. The van der Waals surface area contributed by atoms with Crippen molar-refractivity contribution in [1.29, 1.82) is 0 Å². The lowest BCUT2D eigenvalue weighted by Crippen LogP contribution is -2.38. The molecule has 158 valence electrons. The Morgan fingerprint density at radius 1 is 1.14 bits per heavy atom. The quantitative estimate of drug-likeness (QED) is 0.382. The molecule has 0 bridgehead atoms. The topological polar surface area (TPSA) is 52.9 Å². The Kier molecular flexibility index (Phi) is 9.00. The number of hydrogen-bond donors (Lipinski definition) is 1. The van der Waals surface area contributed by atoms with Crippen LogP contribution in [0.25, 0.3) is 0 Å². The summed E-state index contributed by atoms with van der Waals surface area (Å²) in [5.41, 5.74) is 3.13. The van der Waals surface area contributed by atoms with Crippen molar-refractivity contribution >= 4 is 35.8 Å². The summed E-state index contributed by atoms with van der Waals surface area (Å²) in [7, 11) is 5.87. The van der Waals surface area contributed by atoms with E-state index in [2.05, 4.69) is 25.8 Å². The lowest BCUT2D eigenvalue weighted by atomic mass is 10.1. The van der Waals surface area contributed by atoms with Crippen LogP contribution in [-0.2, 0) is 20.1 Å². The first-order chi connectivity index (χ1) is 13.6. The van der Waals surface area contributed by atoms with Crippen molar-refractivity contribution in [1.82, 2.24) is 19.7 Å². The second kappa shape index (κ2) is 11.2. The normalized spacial score (nSPS) is 14.3. The van der Waals surface area contributed by atoms with Gasteiger partial charge in [0.15, 0.2) is 5.96 Å². The maximum atomic E-state index is 12.6. The van der Waals surface area contributed by atoms with E-state index >= 15 is 0 Å². The molecule has 0 spiro atoms. The minimum Gasteiger partial charge on any atom is -0.353 e. The number of aliphatic imine (C=N–C) groups is 1. The van der Waals surface area contributed by atoms with Crippen molar-refractivity contribution in [3.8, 4) is 0 Å². The van der Waals surface area contributed by atoms with E-state index in [0.29, 0.717) is 6.54 Å². The van der Waals surface area contributed by atoms with Crippen molar-refractivity contribution < 1.29 is 4.79 Å². The number of aromatic nitrogens is 1. The average Bonchev–Trinajstić information content (AvgIpc) is 3.13. The summed E-state index contributed by atoms with van der Waals surface area (Å²) < 4.78 is 2.11. The number of aryl methyl sites for hydroxylation is 1. The SMILES string of the molecule is CN=C(NCc1ccc(C(=O)N2CCCCC2)cc1)N(C)Cc1cccn1C.I. The van der Waals surface area contributed by atoms with Crippen LogP contribution in [0.2, 0.25) is 0 Å². The molecule has 1 amide bonds. The Morgan fingerprint density at radius 3 is 2.41 bits per heavy atom. The molecule has 1 aliphatic rings. The van der Waals surface area contributed by atoms with Gasteiger partial charge >= 0.3 is 0 Å². The third-order valence-corrected chi connectivity index (χ3v) is 5.32. The number of nitrogens with one attached hydrogen (secondary N) is 1. The molecule has 1 aliphatic heterocycles. The van der Waals surface area contributed by atoms with Gasteiger partial charge in [0.05, 0.1) is 6.54 Å². The summed E-state index contributed by atoms with van der Waals surface area (Å²) in [5, 5.41) is 3.40. The fourth-order valence-electron chi connectivity index (χ4n) is 3.59. The highest BCUT2D eigenvalue weighted by molar-refractivity contribution is 14.0. The first-order valence-electron chi connectivity index (χ1n) is 9.98. The van der Waals surface area contributed by atoms with E-state index in [1.807, 2.05) is 55.5 Å². The number of carbonyl (C=O) groups is 1. The van der Waals surface area contributed by atoms with Crippen LogP contribution in [0.1, 0.15) is 40.9 Å². The Hall–Kier alpha value is -2.03. The zero-order chi connectivity index (χ0) is 19.9. The van der Waals surface area contributed by atoms with Gasteiger partial charge in [0, 0.05) is 58.2 Å². The smallest absolute Gasteiger partial charge is 0.253 e. The van der Waals surface area contributed by atoms with Gasteiger partial charge in [0.2, 0.25) is 0 Å². The summed E-state index contributed by atoms with van der Waals surface area (Å²) in [6.45, 7) is 3.21. The number of hydrogen-bond acceptors (Lipinski definition) is 2. The third-order valence-electron chi connectivity index (χ3n) is 5.32. The molecule has 29 heavy (non-hydrogen) atoms. The van der Waals surface area contributed by atoms with Crippen molar-refractivity contribution in [2.75, 3.05) is 27.2 Å². The molecule has 0 unspecified atom stereocenters. The van der Waals surface area contributed by atoms with Crippen LogP contribution in [0.15, 0.2) is 47.6 Å². The maximum Gasteiger partial charge on any atom is 0.253 e. The largest absolute Gasteiger partial charge is 0.353 e. The zero-order valence-electron chi connectivity index (χ0n) is 17.6. The van der Waals surface area contributed by atoms with Gasteiger partial charge < -0.3 is 19.7 Å². The molecule has 0 radical (unpaired) electrons. The number of guanidine groups is 1. The number of carbonyl (C=O) groups excluding carboxylic acids is 1. The highest BCUT2D eigenvalue weighted by Crippen LogP contribution is 2.14. The van der Waals surface area contributed by atoms with Crippen LogP contribution >= 0.6 is 24.0 Å². The predicted molar refractivity (Wildman–Crippen MR) is 129 cm³/mol. The molecule has 1 fully saturated rings. The second-order valence-corrected chi connectivity index (χ2v) is 7.42. The number of amides is 1. The van der Waals surface area contributed by atoms with Gasteiger partial charge in [-0.2, -0.15) is 0 Å². The van der Waals surface area contributed by atoms with Crippen LogP contribution < -0.4 is 5.32 Å². The summed E-state index contributed by atoms with van der Waals surface area (Å²) in [6, 6.07) is 12.1. The Balaban J connectivity index is 0.00000300. The van der Waals surface area contributed by atoms with Crippen LogP contribution in [0, 0.1) is 0 Å². The minimum atomic E-state index is 0. The van der Waals surface area contributed by atoms with Crippen molar-refractivity contribution in [3.05, 3.63) is 59.4 Å². The molecular weight excluding hydrogens is 477 g/mol. The Morgan fingerprint density at radius 2 is 1.83 bits per heavy atom. The molecule has 1 aromatic heterocycles. The predicted octanol–water partition coefficient (Wildman–Crippen LogP) is 3.48. The first kappa shape index (κ1) is 23.3. The van der Waals surface area contributed by atoms with Gasteiger partial charge in [0.25, 0.3) is 5.91 Å². The number of nitrogens with zero attached hydrogens (tertiary/aromatic N) is 4. The molecule has 1 aromatic carbocycles. The van der Waals surface area contributed by atoms with Gasteiger partial charge in [-0.3, -0.25) is 9.79 Å². The maximum absolute atomic E-state index is 12.6. The van der Waals surface area contributed by atoms with E-state index < -0.39 is 0 Å². The number of benzene rings is 1.